The molecule has 0 aliphatic carbocycles. The Morgan fingerprint density at radius 1 is 1.17 bits per heavy atom. The van der Waals surface area contributed by atoms with Gasteiger partial charge in [0.25, 0.3) is 0 Å². The lowest BCUT2D eigenvalue weighted by atomic mass is 10.0. The molecule has 1 heterocycles. The zero-order chi connectivity index (χ0) is 21.4. The Hall–Kier alpha value is -4.36. The minimum Gasteiger partial charge on any atom is -0.369 e. The molecule has 0 atom stereocenters. The maximum absolute atomic E-state index is 12.5. The Morgan fingerprint density at radius 2 is 1.93 bits per heavy atom. The number of imidazole rings is 1. The number of nitrogen functional groups attached to an aromatic ring is 1. The number of hydrogen-bond donors (Lipinski definition) is 1. The molecule has 0 unspecified atom stereocenters. The number of nitrogens with two attached hydrogens (primary N) is 1. The molecule has 1 amide bonds. The molecule has 0 bridgehead atoms. The number of rotatable bonds is 3. The van der Waals surface area contributed by atoms with Gasteiger partial charge in [-0.2, -0.15) is 10.5 Å². The van der Waals surface area contributed by atoms with Crippen LogP contribution in [-0.4, -0.2) is 15.5 Å². The number of nitriles is 2. The van der Waals surface area contributed by atoms with Crippen molar-refractivity contribution in [1.29, 1.82) is 10.5 Å². The van der Waals surface area contributed by atoms with E-state index >= 15 is 0 Å². The van der Waals surface area contributed by atoms with Crippen LogP contribution in [0.4, 0.5) is 11.6 Å². The van der Waals surface area contributed by atoms with Crippen LogP contribution in [0.15, 0.2) is 48.5 Å². The van der Waals surface area contributed by atoms with Crippen LogP contribution >= 0.6 is 0 Å². The number of carbonyl (C=O) groups excluding carboxylic acids is 1. The summed E-state index contributed by atoms with van der Waals surface area (Å²) in [6, 6.07) is 19.2. The fourth-order valence-corrected chi connectivity index (χ4v) is 3.76. The van der Waals surface area contributed by atoms with Gasteiger partial charge in [0.1, 0.15) is 12.1 Å². The van der Waals surface area contributed by atoms with E-state index < -0.39 is 0 Å². The van der Waals surface area contributed by atoms with Crippen molar-refractivity contribution in [1.82, 2.24) is 9.55 Å². The average Bonchev–Trinajstić information content (AvgIpc) is 3.04. The molecule has 0 aliphatic heterocycles. The van der Waals surface area contributed by atoms with E-state index in [1.807, 2.05) is 36.4 Å². The standard InChI is InChI=1S/C23H18N6O/c1-14(30)29(21-8-7-16-5-3-4-6-18(16)19(21)12-25)13-15-9-17(11-24)22-20(10-15)27-23(26)28(22)2/h3-10H,13H2,1-2H3,(H2,26,27). The Labute approximate surface area is 173 Å². The molecule has 0 spiro atoms. The average molecular weight is 394 g/mol. The highest BCUT2D eigenvalue weighted by Gasteiger charge is 2.20. The molecule has 7 heteroatoms. The summed E-state index contributed by atoms with van der Waals surface area (Å²) in [6.07, 6.45) is 0. The minimum absolute atomic E-state index is 0.198. The second-order valence-electron chi connectivity index (χ2n) is 7.05. The molecular weight excluding hydrogens is 376 g/mol. The normalized spacial score (nSPS) is 10.7. The Morgan fingerprint density at radius 3 is 2.63 bits per heavy atom. The number of fused-ring (bicyclic) bond motifs is 2. The Balaban J connectivity index is 1.85. The molecule has 4 aromatic rings. The van der Waals surface area contributed by atoms with Gasteiger partial charge in [0.05, 0.1) is 34.4 Å². The van der Waals surface area contributed by atoms with Crippen molar-refractivity contribution in [2.75, 3.05) is 10.6 Å². The largest absolute Gasteiger partial charge is 0.369 e. The predicted molar refractivity (Wildman–Crippen MR) is 115 cm³/mol. The van der Waals surface area contributed by atoms with Gasteiger partial charge < -0.3 is 15.2 Å². The van der Waals surface area contributed by atoms with Crippen LogP contribution in [0.5, 0.6) is 0 Å². The summed E-state index contributed by atoms with van der Waals surface area (Å²) in [4.78, 5) is 18.4. The van der Waals surface area contributed by atoms with E-state index in [2.05, 4.69) is 17.1 Å². The molecule has 4 rings (SSSR count). The van der Waals surface area contributed by atoms with E-state index in [4.69, 9.17) is 5.73 Å². The van der Waals surface area contributed by atoms with Gasteiger partial charge >= 0.3 is 0 Å². The van der Waals surface area contributed by atoms with Gasteiger partial charge in [0, 0.05) is 19.4 Å². The maximum atomic E-state index is 12.5. The van der Waals surface area contributed by atoms with Crippen LogP contribution in [0.2, 0.25) is 0 Å². The monoisotopic (exact) mass is 394 g/mol. The highest BCUT2D eigenvalue weighted by molar-refractivity contribution is 5.99. The second-order valence-corrected chi connectivity index (χ2v) is 7.05. The van der Waals surface area contributed by atoms with E-state index in [9.17, 15) is 15.3 Å². The quantitative estimate of drug-likeness (QED) is 0.570. The summed E-state index contributed by atoms with van der Waals surface area (Å²) in [5.41, 5.74) is 9.26. The molecule has 0 saturated carbocycles. The molecule has 0 aliphatic rings. The van der Waals surface area contributed by atoms with Gasteiger partial charge in [-0.05, 0) is 29.1 Å². The first kappa shape index (κ1) is 19.0. The molecule has 1 aromatic heterocycles. The van der Waals surface area contributed by atoms with Crippen molar-refractivity contribution in [3.8, 4) is 12.1 Å². The molecule has 0 radical (unpaired) electrons. The van der Waals surface area contributed by atoms with Crippen molar-refractivity contribution in [3.63, 3.8) is 0 Å². The van der Waals surface area contributed by atoms with E-state index in [-0.39, 0.29) is 12.5 Å². The molecule has 7 nitrogen and oxygen atoms in total. The van der Waals surface area contributed by atoms with E-state index in [1.54, 1.807) is 28.6 Å². The molecule has 2 N–H and O–H groups in total. The van der Waals surface area contributed by atoms with E-state index in [0.717, 1.165) is 16.3 Å². The summed E-state index contributed by atoms with van der Waals surface area (Å²) in [5.74, 6) is 0.101. The van der Waals surface area contributed by atoms with E-state index in [0.29, 0.717) is 33.8 Å². The molecule has 0 saturated heterocycles. The predicted octanol–water partition coefficient (Wildman–Crippen LogP) is 3.61. The summed E-state index contributed by atoms with van der Waals surface area (Å²) < 4.78 is 1.66. The summed E-state index contributed by atoms with van der Waals surface area (Å²) in [5, 5.41) is 21.1. The van der Waals surface area contributed by atoms with Gasteiger partial charge in [0.2, 0.25) is 11.9 Å². The Bertz CT molecular complexity index is 1400. The van der Waals surface area contributed by atoms with Crippen LogP contribution < -0.4 is 10.6 Å². The smallest absolute Gasteiger partial charge is 0.224 e. The first-order valence-electron chi connectivity index (χ1n) is 9.29. The molecule has 0 fully saturated rings. The van der Waals surface area contributed by atoms with Crippen LogP contribution in [0.25, 0.3) is 21.8 Å². The summed E-state index contributed by atoms with van der Waals surface area (Å²) >= 11 is 0. The topological polar surface area (TPSA) is 112 Å². The molecular formula is C23H18N6O. The lowest BCUT2D eigenvalue weighted by Crippen LogP contribution is -2.28. The third kappa shape index (κ3) is 2.99. The SMILES string of the molecule is CC(=O)N(Cc1cc(C#N)c2c(c1)nc(N)n2C)c1ccc2ccccc2c1C#N. The number of aromatic nitrogens is 2. The van der Waals surface area contributed by atoms with E-state index in [1.165, 1.54) is 6.92 Å². The fourth-order valence-electron chi connectivity index (χ4n) is 3.76. The number of hydrogen-bond acceptors (Lipinski definition) is 5. The van der Waals surface area contributed by atoms with Crippen molar-refractivity contribution in [2.45, 2.75) is 13.5 Å². The van der Waals surface area contributed by atoms with Crippen molar-refractivity contribution in [3.05, 3.63) is 65.2 Å². The van der Waals surface area contributed by atoms with Crippen LogP contribution in [0.3, 0.4) is 0 Å². The Kier molecular flexibility index (Phi) is 4.57. The summed E-state index contributed by atoms with van der Waals surface area (Å²) in [7, 11) is 1.75. The fraction of sp³-hybridized carbons (Fsp3) is 0.130. The zero-order valence-electron chi connectivity index (χ0n) is 16.5. The number of nitrogens with zero attached hydrogens (tertiary/aromatic N) is 5. The summed E-state index contributed by atoms with van der Waals surface area (Å²) in [6.45, 7) is 1.66. The highest BCUT2D eigenvalue weighted by atomic mass is 16.2. The van der Waals surface area contributed by atoms with Gasteiger partial charge in [-0.1, -0.05) is 30.3 Å². The van der Waals surface area contributed by atoms with Crippen LogP contribution in [0, 0.1) is 22.7 Å². The third-order valence-electron chi connectivity index (χ3n) is 5.21. The lowest BCUT2D eigenvalue weighted by molar-refractivity contribution is -0.116. The van der Waals surface area contributed by atoms with Gasteiger partial charge in [-0.3, -0.25) is 4.79 Å². The first-order valence-corrected chi connectivity index (χ1v) is 9.29. The van der Waals surface area contributed by atoms with Gasteiger partial charge in [-0.15, -0.1) is 0 Å². The minimum atomic E-state index is -0.207. The zero-order valence-corrected chi connectivity index (χ0v) is 16.5. The van der Waals surface area contributed by atoms with Crippen LogP contribution in [0.1, 0.15) is 23.6 Å². The van der Waals surface area contributed by atoms with Gasteiger partial charge in [0.15, 0.2) is 0 Å². The second kappa shape index (κ2) is 7.23. The third-order valence-corrected chi connectivity index (χ3v) is 5.21. The molecule has 30 heavy (non-hydrogen) atoms. The number of aryl methyl sites for hydroxylation is 1. The van der Waals surface area contributed by atoms with Crippen molar-refractivity contribution < 1.29 is 4.79 Å². The number of benzene rings is 3. The first-order chi connectivity index (χ1) is 14.4. The number of amides is 1. The molecule has 146 valence electrons. The van der Waals surface area contributed by atoms with Crippen molar-refractivity contribution in [2.24, 2.45) is 7.05 Å². The number of carbonyl (C=O) groups is 1. The lowest BCUT2D eigenvalue weighted by Gasteiger charge is -2.23. The van der Waals surface area contributed by atoms with Gasteiger partial charge in [-0.25, -0.2) is 4.98 Å². The van der Waals surface area contributed by atoms with Crippen molar-refractivity contribution >= 4 is 39.3 Å². The highest BCUT2D eigenvalue weighted by Crippen LogP contribution is 2.31. The molecule has 3 aromatic carbocycles. The van der Waals surface area contributed by atoms with Crippen LogP contribution in [-0.2, 0) is 18.4 Å². The number of anilines is 2. The maximum Gasteiger partial charge on any atom is 0.224 e.